The zero-order valence-electron chi connectivity index (χ0n) is 13.5. The highest BCUT2D eigenvalue weighted by Crippen LogP contribution is 2.26. The van der Waals surface area contributed by atoms with Gasteiger partial charge in [-0.3, -0.25) is 0 Å². The first-order valence-electron chi connectivity index (χ1n) is 8.00. The summed E-state index contributed by atoms with van der Waals surface area (Å²) >= 11 is 0. The lowest BCUT2D eigenvalue weighted by Crippen LogP contribution is -2.38. The molecule has 1 fully saturated rings. The zero-order valence-corrected chi connectivity index (χ0v) is 14.3. The van der Waals surface area contributed by atoms with E-state index in [4.69, 9.17) is 5.26 Å². The molecule has 1 aromatic carbocycles. The maximum atomic E-state index is 12.4. The van der Waals surface area contributed by atoms with Crippen molar-refractivity contribution in [3.05, 3.63) is 29.8 Å². The van der Waals surface area contributed by atoms with Crippen molar-refractivity contribution in [2.45, 2.75) is 36.6 Å². The van der Waals surface area contributed by atoms with Crippen LogP contribution >= 0.6 is 0 Å². The molecule has 0 saturated heterocycles. The van der Waals surface area contributed by atoms with Crippen LogP contribution in [0.5, 0.6) is 0 Å². The van der Waals surface area contributed by atoms with Crippen LogP contribution in [-0.4, -0.2) is 50.4 Å². The highest BCUT2D eigenvalue weighted by atomic mass is 32.2. The van der Waals surface area contributed by atoms with Gasteiger partial charge < -0.3 is 10.0 Å². The predicted molar refractivity (Wildman–Crippen MR) is 88.7 cm³/mol. The van der Waals surface area contributed by atoms with E-state index in [0.29, 0.717) is 24.1 Å². The average molecular weight is 336 g/mol. The summed E-state index contributed by atoms with van der Waals surface area (Å²) in [6.45, 7) is 0.730. The minimum Gasteiger partial charge on any atom is -0.396 e. The van der Waals surface area contributed by atoms with E-state index < -0.39 is 9.84 Å². The molecule has 0 bridgehead atoms. The molecule has 23 heavy (non-hydrogen) atoms. The van der Waals surface area contributed by atoms with Crippen molar-refractivity contribution in [1.82, 2.24) is 4.90 Å². The van der Waals surface area contributed by atoms with Crippen molar-refractivity contribution in [3.63, 3.8) is 0 Å². The summed E-state index contributed by atoms with van der Waals surface area (Å²) in [6.07, 6.45) is 4.02. The third-order valence-corrected chi connectivity index (χ3v) is 6.42. The van der Waals surface area contributed by atoms with E-state index >= 15 is 0 Å². The normalized spacial score (nSPS) is 22.0. The number of aliphatic hydroxyl groups is 1. The molecule has 6 heteroatoms. The molecule has 5 nitrogen and oxygen atoms in total. The van der Waals surface area contributed by atoms with Crippen LogP contribution in [0.2, 0.25) is 0 Å². The minimum absolute atomic E-state index is 0.0539. The second-order valence-electron chi connectivity index (χ2n) is 6.30. The summed E-state index contributed by atoms with van der Waals surface area (Å²) in [5.41, 5.74) is 0.363. The van der Waals surface area contributed by atoms with Gasteiger partial charge in [0.05, 0.1) is 22.3 Å². The van der Waals surface area contributed by atoms with Crippen molar-refractivity contribution in [3.8, 4) is 6.07 Å². The minimum atomic E-state index is -3.37. The molecular formula is C17H24N2O3S. The fourth-order valence-electron chi connectivity index (χ4n) is 3.09. The van der Waals surface area contributed by atoms with Gasteiger partial charge in [0, 0.05) is 19.2 Å². The van der Waals surface area contributed by atoms with Gasteiger partial charge in [0.2, 0.25) is 0 Å². The average Bonchev–Trinajstić information content (AvgIpc) is 2.60. The molecule has 1 aromatic rings. The standard InChI is InChI=1S/C17H24N2O3S/c1-19(16-7-5-14(13-20)6-8-16)9-10-23(21,22)17-4-2-3-15(11-17)12-18/h2-4,11,14,16,20H,5-10,13H2,1H3. The van der Waals surface area contributed by atoms with Crippen molar-refractivity contribution in [2.75, 3.05) is 26.0 Å². The molecule has 0 heterocycles. The van der Waals surface area contributed by atoms with Crippen molar-refractivity contribution < 1.29 is 13.5 Å². The third-order valence-electron chi connectivity index (χ3n) is 4.73. The van der Waals surface area contributed by atoms with Gasteiger partial charge in [-0.15, -0.1) is 0 Å². The van der Waals surface area contributed by atoms with Gasteiger partial charge in [-0.1, -0.05) is 6.07 Å². The topological polar surface area (TPSA) is 81.4 Å². The molecule has 1 aliphatic carbocycles. The van der Waals surface area contributed by atoms with Gasteiger partial charge in [-0.25, -0.2) is 8.42 Å². The summed E-state index contributed by atoms with van der Waals surface area (Å²) in [6, 6.07) is 8.54. The lowest BCUT2D eigenvalue weighted by molar-refractivity contribution is 0.131. The summed E-state index contributed by atoms with van der Waals surface area (Å²) in [4.78, 5) is 2.33. The van der Waals surface area contributed by atoms with Gasteiger partial charge in [0.25, 0.3) is 0 Å². The molecule has 126 valence electrons. The Bertz CT molecular complexity index is 659. The number of aliphatic hydroxyl groups excluding tert-OH is 1. The van der Waals surface area contributed by atoms with Crippen molar-refractivity contribution in [2.24, 2.45) is 5.92 Å². The lowest BCUT2D eigenvalue weighted by Gasteiger charge is -2.34. The second kappa shape index (κ2) is 7.91. The first-order valence-corrected chi connectivity index (χ1v) is 9.65. The molecule has 0 spiro atoms. The van der Waals surface area contributed by atoms with E-state index in [2.05, 4.69) is 4.90 Å². The van der Waals surface area contributed by atoms with Gasteiger partial charge in [0.15, 0.2) is 9.84 Å². The Kier molecular flexibility index (Phi) is 6.17. The van der Waals surface area contributed by atoms with E-state index in [1.807, 2.05) is 13.1 Å². The van der Waals surface area contributed by atoms with Gasteiger partial charge in [0.1, 0.15) is 0 Å². The smallest absolute Gasteiger partial charge is 0.179 e. The first-order chi connectivity index (χ1) is 11.0. The van der Waals surface area contributed by atoms with Gasteiger partial charge in [-0.2, -0.15) is 5.26 Å². The predicted octanol–water partition coefficient (Wildman–Crippen LogP) is 1.81. The number of nitriles is 1. The Labute approximate surface area is 138 Å². The molecule has 0 unspecified atom stereocenters. The molecule has 0 radical (unpaired) electrons. The Hall–Kier alpha value is -1.42. The van der Waals surface area contributed by atoms with Crippen LogP contribution in [0.4, 0.5) is 0 Å². The molecule has 2 rings (SSSR count). The Morgan fingerprint density at radius 3 is 2.61 bits per heavy atom. The maximum absolute atomic E-state index is 12.4. The second-order valence-corrected chi connectivity index (χ2v) is 8.41. The number of rotatable bonds is 6. The van der Waals surface area contributed by atoms with Gasteiger partial charge in [-0.05, 0) is 56.8 Å². The third kappa shape index (κ3) is 4.77. The molecule has 0 amide bonds. The van der Waals surface area contributed by atoms with E-state index in [1.54, 1.807) is 18.2 Å². The zero-order chi connectivity index (χ0) is 16.9. The van der Waals surface area contributed by atoms with E-state index in [9.17, 15) is 13.5 Å². The molecule has 1 saturated carbocycles. The van der Waals surface area contributed by atoms with Crippen LogP contribution in [0.1, 0.15) is 31.2 Å². The SMILES string of the molecule is CN(CCS(=O)(=O)c1cccc(C#N)c1)C1CCC(CO)CC1. The van der Waals surface area contributed by atoms with Crippen LogP contribution in [0, 0.1) is 17.2 Å². The largest absolute Gasteiger partial charge is 0.396 e. The van der Waals surface area contributed by atoms with Crippen molar-refractivity contribution in [1.29, 1.82) is 5.26 Å². The fourth-order valence-corrected chi connectivity index (χ4v) is 4.45. The van der Waals surface area contributed by atoms with Crippen molar-refractivity contribution >= 4 is 9.84 Å². The quantitative estimate of drug-likeness (QED) is 0.857. The Morgan fingerprint density at radius 2 is 2.00 bits per heavy atom. The van der Waals surface area contributed by atoms with Crippen LogP contribution in [0.3, 0.4) is 0 Å². The highest BCUT2D eigenvalue weighted by Gasteiger charge is 2.25. The Morgan fingerprint density at radius 1 is 1.30 bits per heavy atom. The molecule has 1 N–H and O–H groups in total. The monoisotopic (exact) mass is 336 g/mol. The van der Waals surface area contributed by atoms with Crippen LogP contribution in [0.25, 0.3) is 0 Å². The Balaban J connectivity index is 1.92. The summed E-state index contributed by atoms with van der Waals surface area (Å²) < 4.78 is 24.8. The summed E-state index contributed by atoms with van der Waals surface area (Å²) in [7, 11) is -1.41. The highest BCUT2D eigenvalue weighted by molar-refractivity contribution is 7.91. The molecule has 0 aliphatic heterocycles. The molecule has 0 atom stereocenters. The van der Waals surface area contributed by atoms with Crippen LogP contribution in [-0.2, 0) is 9.84 Å². The maximum Gasteiger partial charge on any atom is 0.179 e. The summed E-state index contributed by atoms with van der Waals surface area (Å²) in [5, 5.41) is 18.1. The van der Waals surface area contributed by atoms with Gasteiger partial charge >= 0.3 is 0 Å². The number of benzene rings is 1. The van der Waals surface area contributed by atoms with Crippen LogP contribution in [0.15, 0.2) is 29.2 Å². The molecule has 1 aliphatic rings. The number of sulfone groups is 1. The molecule has 0 aromatic heterocycles. The number of nitrogens with zero attached hydrogens (tertiary/aromatic N) is 2. The van der Waals surface area contributed by atoms with E-state index in [1.165, 1.54) is 6.07 Å². The summed E-state index contributed by atoms with van der Waals surface area (Å²) in [5.74, 6) is 0.454. The number of hydrogen-bond acceptors (Lipinski definition) is 5. The van der Waals surface area contributed by atoms with Crippen LogP contribution < -0.4 is 0 Å². The number of hydrogen-bond donors (Lipinski definition) is 1. The first kappa shape index (κ1) is 17.9. The van der Waals surface area contributed by atoms with E-state index in [-0.39, 0.29) is 17.3 Å². The van der Waals surface area contributed by atoms with E-state index in [0.717, 1.165) is 25.7 Å². The fraction of sp³-hybridized carbons (Fsp3) is 0.588. The molecular weight excluding hydrogens is 312 g/mol. The lowest BCUT2D eigenvalue weighted by atomic mass is 9.86.